The van der Waals surface area contributed by atoms with E-state index in [0.717, 1.165) is 11.8 Å². The van der Waals surface area contributed by atoms with Crippen LogP contribution in [0.15, 0.2) is 174 Å². The van der Waals surface area contributed by atoms with E-state index >= 15 is 0 Å². The standard InChI is InChI=1S/C74H67NO/c1-13-73(42(2)3)61-29-20-19-26-54(61)58-39-47(8)71(51(12)70(58)73)75(65-41-59-56-37-36-53(52-24-15-14-16-25-52)40-66(56)76-72(59)57-28-18-17-27-55(57)65)64-32-22-31-63-68(64)67-45(6)23-21-30-62(67)74(63,60-38-35-43(4)48(9)50(60)11)69-46(7)34-33-44(5)49(69)10/h14-42H,13H2,1-12H3/i13D2,14D,15D,16D,17D,18D,19D,20D,21D,22D,23D,24D,25D,26D,27D,28D,29D,30D,31D,32D,33D,34D,35D,36D,37D,38D,39D,40D,41D,42D. The van der Waals surface area contributed by atoms with Gasteiger partial charge in [-0.25, -0.2) is 0 Å². The molecule has 0 saturated heterocycles. The summed E-state index contributed by atoms with van der Waals surface area (Å²) in [7, 11) is 0. The molecular formula is C74H67NO. The Kier molecular flexibility index (Phi) is 5.65. The van der Waals surface area contributed by atoms with Crippen molar-refractivity contribution in [2.24, 2.45) is 5.89 Å². The number of anilines is 3. The lowest BCUT2D eigenvalue weighted by Crippen LogP contribution is -2.32. The molecule has 374 valence electrons. The summed E-state index contributed by atoms with van der Waals surface area (Å²) in [5.74, 6) is -2.27. The topological polar surface area (TPSA) is 16.4 Å². The van der Waals surface area contributed by atoms with E-state index in [1.54, 1.807) is 34.6 Å². The van der Waals surface area contributed by atoms with E-state index in [4.69, 9.17) is 14.0 Å². The van der Waals surface area contributed by atoms with Gasteiger partial charge in [0.2, 0.25) is 0 Å². The first-order valence-electron chi connectivity index (χ1n) is 40.3. The number of hydrogen-bond donors (Lipinski definition) is 0. The fraction of sp³-hybridized carbons (Fsp3) is 0.216. The molecule has 2 aliphatic rings. The monoisotopic (exact) mass is 1020 g/mol. The fourth-order valence-electron chi connectivity index (χ4n) is 12.3. The van der Waals surface area contributed by atoms with E-state index in [0.29, 0.717) is 11.1 Å². The first-order valence-corrected chi connectivity index (χ1v) is 24.8. The molecule has 0 saturated carbocycles. The lowest BCUT2D eigenvalue weighted by Gasteiger charge is -2.39. The van der Waals surface area contributed by atoms with Crippen molar-refractivity contribution < 1.29 is 46.9 Å². The van der Waals surface area contributed by atoms with Gasteiger partial charge in [0.1, 0.15) is 11.2 Å². The van der Waals surface area contributed by atoms with Crippen molar-refractivity contribution in [3.63, 3.8) is 0 Å². The third kappa shape index (κ3) is 6.34. The molecule has 13 rings (SSSR count). The molecule has 2 heteroatoms. The number of rotatable bonds is 8. The molecule has 11 aromatic rings. The van der Waals surface area contributed by atoms with Crippen LogP contribution >= 0.6 is 0 Å². The fourth-order valence-corrected chi connectivity index (χ4v) is 12.3. The molecule has 0 fully saturated rings. The van der Waals surface area contributed by atoms with Crippen molar-refractivity contribution in [1.29, 1.82) is 0 Å². The van der Waals surface area contributed by atoms with E-state index in [9.17, 15) is 32.9 Å². The van der Waals surface area contributed by atoms with E-state index in [2.05, 4.69) is 0 Å². The zero-order valence-electron chi connectivity index (χ0n) is 74.9. The third-order valence-corrected chi connectivity index (χ3v) is 16.0. The van der Waals surface area contributed by atoms with Crippen LogP contribution < -0.4 is 4.90 Å². The van der Waals surface area contributed by atoms with E-state index < -0.39 is 258 Å². The van der Waals surface area contributed by atoms with Crippen LogP contribution in [0.2, 0.25) is 0 Å². The van der Waals surface area contributed by atoms with Crippen LogP contribution in [-0.2, 0) is 10.8 Å². The van der Waals surface area contributed by atoms with Gasteiger partial charge in [-0.3, -0.25) is 0 Å². The van der Waals surface area contributed by atoms with E-state index in [1.807, 2.05) is 0 Å². The van der Waals surface area contributed by atoms with Crippen LogP contribution in [0.5, 0.6) is 0 Å². The van der Waals surface area contributed by atoms with Gasteiger partial charge < -0.3 is 9.32 Å². The second-order valence-corrected chi connectivity index (χ2v) is 20.0. The summed E-state index contributed by atoms with van der Waals surface area (Å²) in [6.07, 6.45) is -2.83. The summed E-state index contributed by atoms with van der Waals surface area (Å²) in [6, 6.07) is -22.4. The number of fused-ring (bicyclic) bond motifs is 11. The van der Waals surface area contributed by atoms with Gasteiger partial charge in [0.05, 0.1) is 60.9 Å². The molecule has 0 bridgehead atoms. The van der Waals surface area contributed by atoms with Gasteiger partial charge in [0.15, 0.2) is 0 Å². The molecule has 0 radical (unpaired) electrons. The van der Waals surface area contributed by atoms with Crippen molar-refractivity contribution >= 4 is 49.8 Å². The Morgan fingerprint density at radius 2 is 1.13 bits per heavy atom. The maximum absolute atomic E-state index is 11.2. The van der Waals surface area contributed by atoms with Gasteiger partial charge in [-0.1, -0.05) is 160 Å². The molecule has 1 aromatic heterocycles. The minimum absolute atomic E-state index is 0.00228. The summed E-state index contributed by atoms with van der Waals surface area (Å²) in [6.45, 7) is 17.3. The molecule has 0 spiro atoms. The van der Waals surface area contributed by atoms with Crippen LogP contribution in [0.3, 0.4) is 0 Å². The highest BCUT2D eigenvalue weighted by Gasteiger charge is 2.51. The molecular weight excluding hydrogens is 919 g/mol. The van der Waals surface area contributed by atoms with Crippen molar-refractivity contribution in [2.75, 3.05) is 4.90 Å². The SMILES string of the molecule is [2H]c1c([2H])c([2H])c(-c2c([2H])c([2H])c3c(oc4c5c([2H])c([2H])c([2H])c([2H])c5c(N(c5c(C)c([2H])c6c(c5C)C(C([2H])([2H])C)(C([2H])(C)C)c5c([2H])c([2H])c([2H])c([2H])c5-6)c5c([2H])c([2H])c([2H])c6c5-c5c(C)c([2H])c([2H])c([2H])c5C6(c5c([2H])c([2H])c(C)c(C)c5C)c5c(C)c([2H])c([2H])c(C)c5C)c([2H])c43)c2[2H])c([2H])c1[2H]. The Bertz CT molecular complexity index is 5900. The van der Waals surface area contributed by atoms with Crippen LogP contribution in [-0.4, -0.2) is 0 Å². The van der Waals surface area contributed by atoms with Gasteiger partial charge in [-0.05, 0) is 216 Å². The summed E-state index contributed by atoms with van der Waals surface area (Å²) < 4.78 is 310. The van der Waals surface area contributed by atoms with Crippen LogP contribution in [0, 0.1) is 68.2 Å². The smallest absolute Gasteiger partial charge is 0.143 e. The maximum atomic E-state index is 11.2. The van der Waals surface area contributed by atoms with Crippen LogP contribution in [0.4, 0.5) is 17.1 Å². The van der Waals surface area contributed by atoms with Crippen molar-refractivity contribution in [3.05, 3.63) is 253 Å². The molecule has 0 amide bonds. The van der Waals surface area contributed by atoms with Gasteiger partial charge in [-0.2, -0.15) is 0 Å². The third-order valence-electron chi connectivity index (χ3n) is 16.0. The minimum atomic E-state index is -2.83. The van der Waals surface area contributed by atoms with Crippen molar-refractivity contribution in [1.82, 2.24) is 0 Å². The summed E-state index contributed by atoms with van der Waals surface area (Å²) in [4.78, 5) is 1.03. The quantitative estimate of drug-likeness (QED) is 0.151. The lowest BCUT2D eigenvalue weighted by atomic mass is 9.63. The minimum Gasteiger partial charge on any atom is -0.455 e. The lowest BCUT2D eigenvalue weighted by molar-refractivity contribution is 0.365. The van der Waals surface area contributed by atoms with Crippen molar-refractivity contribution in [3.8, 4) is 33.4 Å². The van der Waals surface area contributed by atoms with Crippen molar-refractivity contribution in [2.45, 2.75) is 100 Å². The van der Waals surface area contributed by atoms with Gasteiger partial charge in [0.25, 0.3) is 0 Å². The zero-order valence-corrected chi connectivity index (χ0v) is 43.9. The summed E-state index contributed by atoms with van der Waals surface area (Å²) in [5.41, 5.74) is -12.5. The Morgan fingerprint density at radius 1 is 0.474 bits per heavy atom. The predicted molar refractivity (Wildman–Crippen MR) is 323 cm³/mol. The largest absolute Gasteiger partial charge is 0.455 e. The van der Waals surface area contributed by atoms with Crippen LogP contribution in [0.1, 0.15) is 153 Å². The average molecular weight is 1020 g/mol. The van der Waals surface area contributed by atoms with Crippen LogP contribution in [0.25, 0.3) is 66.1 Å². The predicted octanol–water partition coefficient (Wildman–Crippen LogP) is 20.3. The molecule has 2 aliphatic carbocycles. The summed E-state index contributed by atoms with van der Waals surface area (Å²) >= 11 is 0. The highest BCUT2D eigenvalue weighted by Crippen LogP contribution is 2.64. The first kappa shape index (κ1) is 24.8. The highest BCUT2D eigenvalue weighted by molar-refractivity contribution is 6.20. The van der Waals surface area contributed by atoms with Gasteiger partial charge >= 0.3 is 0 Å². The second kappa shape index (κ2) is 17.3. The van der Waals surface area contributed by atoms with E-state index in [-0.39, 0.29) is 90.0 Å². The molecule has 1 heterocycles. The molecule has 10 aromatic carbocycles. The number of furan rings is 1. The Morgan fingerprint density at radius 3 is 1.89 bits per heavy atom. The van der Waals surface area contributed by atoms with Gasteiger partial charge in [-0.15, -0.1) is 0 Å². The Balaban J connectivity index is 1.41. The molecule has 76 heavy (non-hydrogen) atoms. The highest BCUT2D eigenvalue weighted by atomic mass is 16.3. The second-order valence-electron chi connectivity index (χ2n) is 20.0. The Labute approximate surface area is 493 Å². The van der Waals surface area contributed by atoms with Gasteiger partial charge in [0, 0.05) is 36.6 Å². The number of benzene rings is 10. The normalized spacial score (nSPS) is 22.5. The number of nitrogens with zero attached hydrogens (tertiary/aromatic N) is 1. The molecule has 2 unspecified atom stereocenters. The number of hydrogen-bond acceptors (Lipinski definition) is 2. The molecule has 2 atom stereocenters. The summed E-state index contributed by atoms with van der Waals surface area (Å²) in [5, 5.41) is -2.64. The molecule has 0 N–H and O–H groups in total. The molecule has 0 aliphatic heterocycles. The average Bonchev–Trinajstić information content (AvgIpc) is 1.50. The maximum Gasteiger partial charge on any atom is 0.143 e. The Hall–Kier alpha value is -7.94. The zero-order chi connectivity index (χ0) is 79.8. The van der Waals surface area contributed by atoms with E-state index in [1.165, 1.54) is 41.5 Å². The molecule has 2 nitrogen and oxygen atoms in total. The first-order chi connectivity index (χ1) is 49.4.